The van der Waals surface area contributed by atoms with Crippen LogP contribution in [0, 0.1) is 0 Å². The summed E-state index contributed by atoms with van der Waals surface area (Å²) in [5.41, 5.74) is 3.18. The Morgan fingerprint density at radius 3 is 1.84 bits per heavy atom. The third-order valence-corrected chi connectivity index (χ3v) is 7.41. The molecule has 5 nitrogen and oxygen atoms in total. The lowest BCUT2D eigenvalue weighted by Crippen LogP contribution is -2.30. The summed E-state index contributed by atoms with van der Waals surface area (Å²) in [6, 6.07) is 26.2. The normalized spacial score (nSPS) is 14.6. The number of sulfonamides is 1. The van der Waals surface area contributed by atoms with Crippen molar-refractivity contribution in [1.82, 2.24) is 9.62 Å². The monoisotopic (exact) mass is 434 g/mol. The van der Waals surface area contributed by atoms with Gasteiger partial charge in [0.15, 0.2) is 0 Å². The first-order chi connectivity index (χ1) is 15.0. The van der Waals surface area contributed by atoms with Crippen LogP contribution in [0.2, 0.25) is 0 Å². The molecular weight excluding hydrogens is 408 g/mol. The maximum Gasteiger partial charge on any atom is 0.252 e. The number of benzene rings is 3. The van der Waals surface area contributed by atoms with Crippen molar-refractivity contribution in [2.45, 2.75) is 24.6 Å². The van der Waals surface area contributed by atoms with E-state index in [1.807, 2.05) is 60.7 Å². The first-order valence-electron chi connectivity index (χ1n) is 10.5. The van der Waals surface area contributed by atoms with Crippen molar-refractivity contribution >= 4 is 15.9 Å². The van der Waals surface area contributed by atoms with Crippen LogP contribution in [-0.2, 0) is 15.8 Å². The van der Waals surface area contributed by atoms with E-state index in [-0.39, 0.29) is 17.7 Å². The summed E-state index contributed by atoms with van der Waals surface area (Å²) in [7, 11) is -3.30. The molecule has 1 fully saturated rings. The molecule has 0 unspecified atom stereocenters. The fourth-order valence-electron chi connectivity index (χ4n) is 3.89. The molecule has 0 saturated carbocycles. The van der Waals surface area contributed by atoms with Gasteiger partial charge < -0.3 is 5.32 Å². The van der Waals surface area contributed by atoms with Gasteiger partial charge in [-0.05, 0) is 41.7 Å². The lowest BCUT2D eigenvalue weighted by Gasteiger charge is -2.20. The van der Waals surface area contributed by atoms with Crippen molar-refractivity contribution < 1.29 is 13.2 Å². The number of hydrogen-bond acceptors (Lipinski definition) is 3. The molecule has 160 valence electrons. The van der Waals surface area contributed by atoms with E-state index in [0.717, 1.165) is 24.0 Å². The summed E-state index contributed by atoms with van der Waals surface area (Å²) in [6.45, 7) is 1.20. The molecule has 1 aliphatic rings. The molecule has 1 amide bonds. The fourth-order valence-corrected chi connectivity index (χ4v) is 5.50. The third-order valence-electron chi connectivity index (χ3n) is 5.56. The Morgan fingerprint density at radius 2 is 1.32 bits per heavy atom. The Bertz CT molecular complexity index is 1070. The molecule has 0 aliphatic carbocycles. The van der Waals surface area contributed by atoms with Gasteiger partial charge in [-0.2, -0.15) is 0 Å². The number of hydrogen-bond donors (Lipinski definition) is 1. The minimum Gasteiger partial charge on any atom is -0.341 e. The van der Waals surface area contributed by atoms with E-state index in [4.69, 9.17) is 0 Å². The Kier molecular flexibility index (Phi) is 6.49. The molecule has 1 aliphatic heterocycles. The molecule has 0 atom stereocenters. The number of nitrogens with zero attached hydrogens (tertiary/aromatic N) is 1. The Hall–Kier alpha value is -2.96. The zero-order valence-corrected chi connectivity index (χ0v) is 18.1. The lowest BCUT2D eigenvalue weighted by molar-refractivity contribution is 0.0943. The number of nitrogens with one attached hydrogen (secondary N) is 1. The molecule has 1 N–H and O–H groups in total. The van der Waals surface area contributed by atoms with Crippen LogP contribution in [0.25, 0.3) is 0 Å². The molecule has 6 heteroatoms. The van der Waals surface area contributed by atoms with Gasteiger partial charge in [-0.3, -0.25) is 4.79 Å². The van der Waals surface area contributed by atoms with Gasteiger partial charge in [-0.1, -0.05) is 72.8 Å². The molecule has 3 aromatic carbocycles. The van der Waals surface area contributed by atoms with E-state index in [1.165, 1.54) is 0 Å². The highest BCUT2D eigenvalue weighted by Gasteiger charge is 2.25. The number of carbonyl (C=O) groups is 1. The highest BCUT2D eigenvalue weighted by molar-refractivity contribution is 7.88. The number of rotatable bonds is 7. The Balaban J connectivity index is 1.49. The molecule has 0 spiro atoms. The Labute approximate surface area is 183 Å². The summed E-state index contributed by atoms with van der Waals surface area (Å²) in [5, 5.41) is 3.11. The van der Waals surface area contributed by atoms with E-state index < -0.39 is 10.0 Å². The molecular formula is C25H26N2O3S. The molecule has 0 aromatic heterocycles. The van der Waals surface area contributed by atoms with Gasteiger partial charge in [-0.15, -0.1) is 0 Å². The molecule has 1 saturated heterocycles. The lowest BCUT2D eigenvalue weighted by atomic mass is 9.98. The summed E-state index contributed by atoms with van der Waals surface area (Å²) in [6.07, 6.45) is 1.84. The number of amides is 1. The summed E-state index contributed by atoms with van der Waals surface area (Å²) in [4.78, 5) is 13.0. The maximum absolute atomic E-state index is 13.0. The van der Waals surface area contributed by atoms with E-state index in [9.17, 15) is 13.2 Å². The largest absolute Gasteiger partial charge is 0.341 e. The zero-order chi connectivity index (χ0) is 21.7. The average Bonchev–Trinajstić information content (AvgIpc) is 3.35. The summed E-state index contributed by atoms with van der Waals surface area (Å²) >= 11 is 0. The smallest absolute Gasteiger partial charge is 0.252 e. The Morgan fingerprint density at radius 1 is 0.806 bits per heavy atom. The first-order valence-corrected chi connectivity index (χ1v) is 12.1. The molecule has 1 heterocycles. The van der Waals surface area contributed by atoms with E-state index in [1.54, 1.807) is 28.6 Å². The van der Waals surface area contributed by atoms with Crippen molar-refractivity contribution in [1.29, 1.82) is 0 Å². The van der Waals surface area contributed by atoms with Crippen molar-refractivity contribution in [2.75, 3.05) is 13.1 Å². The van der Waals surface area contributed by atoms with Crippen molar-refractivity contribution in [3.8, 4) is 0 Å². The second kappa shape index (κ2) is 9.45. The average molecular weight is 435 g/mol. The first kappa shape index (κ1) is 21.3. The van der Waals surface area contributed by atoms with Gasteiger partial charge in [0.25, 0.3) is 5.91 Å². The van der Waals surface area contributed by atoms with Gasteiger partial charge in [0.1, 0.15) is 0 Å². The topological polar surface area (TPSA) is 66.5 Å². The highest BCUT2D eigenvalue weighted by atomic mass is 32.2. The molecule has 3 aromatic rings. The van der Waals surface area contributed by atoms with Crippen LogP contribution >= 0.6 is 0 Å². The van der Waals surface area contributed by atoms with E-state index in [0.29, 0.717) is 24.2 Å². The second-order valence-electron chi connectivity index (χ2n) is 7.79. The van der Waals surface area contributed by atoms with Crippen LogP contribution in [0.4, 0.5) is 0 Å². The van der Waals surface area contributed by atoms with Crippen LogP contribution in [0.5, 0.6) is 0 Å². The minimum atomic E-state index is -3.30. The van der Waals surface area contributed by atoms with E-state index >= 15 is 0 Å². The predicted octanol–water partition coefficient (Wildman–Crippen LogP) is 4.13. The highest BCUT2D eigenvalue weighted by Crippen LogP contribution is 2.23. The number of carbonyl (C=O) groups excluding carboxylic acids is 1. The van der Waals surface area contributed by atoms with Crippen LogP contribution in [0.1, 0.15) is 45.9 Å². The van der Waals surface area contributed by atoms with Gasteiger partial charge in [0, 0.05) is 18.7 Å². The molecule has 0 radical (unpaired) electrons. The van der Waals surface area contributed by atoms with Crippen molar-refractivity contribution in [3.63, 3.8) is 0 Å². The molecule has 4 rings (SSSR count). The summed E-state index contributed by atoms with van der Waals surface area (Å²) in [5.74, 6) is -0.238. The third kappa shape index (κ3) is 5.21. The second-order valence-corrected chi connectivity index (χ2v) is 9.76. The van der Waals surface area contributed by atoms with Gasteiger partial charge in [0.05, 0.1) is 11.8 Å². The molecule has 31 heavy (non-hydrogen) atoms. The van der Waals surface area contributed by atoms with Crippen LogP contribution in [0.15, 0.2) is 84.9 Å². The van der Waals surface area contributed by atoms with Gasteiger partial charge >= 0.3 is 0 Å². The minimum absolute atomic E-state index is 0.0362. The maximum atomic E-state index is 13.0. The van der Waals surface area contributed by atoms with E-state index in [2.05, 4.69) is 5.32 Å². The van der Waals surface area contributed by atoms with Crippen LogP contribution in [-0.4, -0.2) is 31.7 Å². The summed E-state index contributed by atoms with van der Waals surface area (Å²) < 4.78 is 26.6. The SMILES string of the molecule is O=C(NC(c1ccccc1)c1ccccc1)c1ccc(CS(=O)(=O)N2CCCC2)cc1. The van der Waals surface area contributed by atoms with Crippen LogP contribution in [0.3, 0.4) is 0 Å². The predicted molar refractivity (Wildman–Crippen MR) is 122 cm³/mol. The zero-order valence-electron chi connectivity index (χ0n) is 17.3. The molecule has 0 bridgehead atoms. The van der Waals surface area contributed by atoms with Gasteiger partial charge in [0.2, 0.25) is 10.0 Å². The van der Waals surface area contributed by atoms with Crippen molar-refractivity contribution in [3.05, 3.63) is 107 Å². The van der Waals surface area contributed by atoms with Crippen molar-refractivity contribution in [2.24, 2.45) is 0 Å². The fraction of sp³-hybridized carbons (Fsp3) is 0.240. The van der Waals surface area contributed by atoms with Gasteiger partial charge in [-0.25, -0.2) is 12.7 Å². The quantitative estimate of drug-likeness (QED) is 0.608. The standard InChI is InChI=1S/C25H26N2O3S/c28-25(26-24(21-9-3-1-4-10-21)22-11-5-2-6-12-22)23-15-13-20(14-16-23)19-31(29,30)27-17-7-8-18-27/h1-6,9-16,24H,7-8,17-19H2,(H,26,28). The van der Waals surface area contributed by atoms with Crippen LogP contribution < -0.4 is 5.32 Å².